The van der Waals surface area contributed by atoms with E-state index in [4.69, 9.17) is 5.10 Å². The lowest BCUT2D eigenvalue weighted by atomic mass is 9.90. The van der Waals surface area contributed by atoms with Gasteiger partial charge in [0.25, 0.3) is 12.3 Å². The third kappa shape index (κ3) is 7.93. The molecule has 0 bridgehead atoms. The maximum Gasteiger partial charge on any atom is 0.264 e. The molecule has 1 saturated carbocycles. The first-order valence-corrected chi connectivity index (χ1v) is 21.0. The molecule has 0 radical (unpaired) electrons. The van der Waals surface area contributed by atoms with Crippen molar-refractivity contribution in [2.45, 2.75) is 77.2 Å². The number of halogens is 2. The van der Waals surface area contributed by atoms with E-state index in [9.17, 15) is 4.79 Å². The Labute approximate surface area is 342 Å². The molecule has 5 aromatic rings. The predicted octanol–water partition coefficient (Wildman–Crippen LogP) is 9.70. The van der Waals surface area contributed by atoms with Crippen LogP contribution >= 0.6 is 0 Å². The minimum Gasteiger partial charge on any atom is -0.369 e. The van der Waals surface area contributed by atoms with Crippen LogP contribution in [0.15, 0.2) is 80.8 Å². The highest BCUT2D eigenvalue weighted by Crippen LogP contribution is 2.46. The van der Waals surface area contributed by atoms with E-state index in [1.165, 1.54) is 30.5 Å². The summed E-state index contributed by atoms with van der Waals surface area (Å²) in [5.41, 5.74) is 8.81. The van der Waals surface area contributed by atoms with Crippen molar-refractivity contribution in [1.82, 2.24) is 29.4 Å². The fourth-order valence-electron chi connectivity index (χ4n) is 9.33. The van der Waals surface area contributed by atoms with Crippen LogP contribution in [0.3, 0.4) is 0 Å². The third-order valence-corrected chi connectivity index (χ3v) is 12.2. The number of imidazole rings is 1. The number of alkyl halides is 2. The van der Waals surface area contributed by atoms with Gasteiger partial charge in [-0.2, -0.15) is 5.10 Å². The number of fused-ring (bicyclic) bond motifs is 2. The number of likely N-dealkylation sites (N-methyl/N-ethyl adjacent to an activating group) is 1. The number of hydrogen-bond acceptors (Lipinski definition) is 6. The predicted molar refractivity (Wildman–Crippen MR) is 233 cm³/mol. The normalized spacial score (nSPS) is 15.9. The van der Waals surface area contributed by atoms with Gasteiger partial charge >= 0.3 is 0 Å². The Morgan fingerprint density at radius 1 is 1.05 bits per heavy atom. The van der Waals surface area contributed by atoms with E-state index in [1.807, 2.05) is 67.3 Å². The second kappa shape index (κ2) is 18.1. The van der Waals surface area contributed by atoms with Gasteiger partial charge in [-0.15, -0.1) is 13.2 Å². The molecule has 0 unspecified atom stereocenters. The first kappa shape index (κ1) is 40.9. The van der Waals surface area contributed by atoms with Crippen LogP contribution in [0.4, 0.5) is 26.0 Å². The Hall–Kier alpha value is -5.29. The summed E-state index contributed by atoms with van der Waals surface area (Å²) in [4.78, 5) is 24.2. The zero-order valence-corrected chi connectivity index (χ0v) is 34.4. The molecule has 1 N–H and O–H groups in total. The van der Waals surface area contributed by atoms with Gasteiger partial charge in [-0.1, -0.05) is 57.0 Å². The number of aryl methyl sites for hydroxylation is 1. The maximum atomic E-state index is 15.4. The fraction of sp³-hybridized carbons (Fsp3) is 0.426. The van der Waals surface area contributed by atoms with Crippen LogP contribution in [0.1, 0.15) is 96.2 Å². The fourth-order valence-corrected chi connectivity index (χ4v) is 9.33. The Morgan fingerprint density at radius 3 is 2.55 bits per heavy atom. The summed E-state index contributed by atoms with van der Waals surface area (Å²) < 4.78 is 35.1. The molecule has 1 aliphatic carbocycles. The summed E-state index contributed by atoms with van der Waals surface area (Å²) in [5.74, 6) is 1.13. The van der Waals surface area contributed by atoms with E-state index in [0.29, 0.717) is 42.5 Å². The van der Waals surface area contributed by atoms with Crippen molar-refractivity contribution in [3.63, 3.8) is 0 Å². The van der Waals surface area contributed by atoms with Gasteiger partial charge in [-0.3, -0.25) is 9.48 Å². The van der Waals surface area contributed by atoms with Crippen molar-refractivity contribution in [2.75, 3.05) is 56.6 Å². The van der Waals surface area contributed by atoms with Gasteiger partial charge in [0.05, 0.1) is 11.7 Å². The van der Waals surface area contributed by atoms with E-state index in [2.05, 4.69) is 51.4 Å². The van der Waals surface area contributed by atoms with Crippen LogP contribution in [-0.2, 0) is 19.3 Å². The molecular formula is C47H58F2N8O. The summed E-state index contributed by atoms with van der Waals surface area (Å²) in [5, 5.41) is 8.70. The van der Waals surface area contributed by atoms with Crippen molar-refractivity contribution in [3.8, 4) is 11.1 Å². The lowest BCUT2D eigenvalue weighted by Gasteiger charge is -2.43. The molecule has 2 aliphatic heterocycles. The van der Waals surface area contributed by atoms with Crippen molar-refractivity contribution in [1.29, 1.82) is 0 Å². The highest BCUT2D eigenvalue weighted by atomic mass is 19.3. The van der Waals surface area contributed by atoms with E-state index >= 15 is 8.78 Å². The number of pyridine rings is 1. The lowest BCUT2D eigenvalue weighted by molar-refractivity contribution is 0.0763. The van der Waals surface area contributed by atoms with Gasteiger partial charge in [-0.25, -0.2) is 13.8 Å². The van der Waals surface area contributed by atoms with Gasteiger partial charge in [-0.05, 0) is 80.1 Å². The lowest BCUT2D eigenvalue weighted by Crippen LogP contribution is -2.52. The Bertz CT molecular complexity index is 2230. The largest absolute Gasteiger partial charge is 0.369 e. The molecule has 0 atom stereocenters. The minimum atomic E-state index is -2.68. The number of nitrogens with one attached hydrogen (secondary N) is 1. The summed E-state index contributed by atoms with van der Waals surface area (Å²) in [6, 6.07) is 13.6. The summed E-state index contributed by atoms with van der Waals surface area (Å²) in [7, 11) is 3.83. The molecule has 5 heterocycles. The molecule has 58 heavy (non-hydrogen) atoms. The molecule has 11 heteroatoms. The molecular weight excluding hydrogens is 731 g/mol. The quantitative estimate of drug-likeness (QED) is 0.120. The number of anilines is 3. The van der Waals surface area contributed by atoms with Crippen LogP contribution in [0, 0.1) is 5.92 Å². The monoisotopic (exact) mass is 788 g/mol. The van der Waals surface area contributed by atoms with Crippen molar-refractivity contribution in [2.24, 2.45) is 5.92 Å². The summed E-state index contributed by atoms with van der Waals surface area (Å²) >= 11 is 0. The van der Waals surface area contributed by atoms with Gasteiger partial charge in [0, 0.05) is 104 Å². The van der Waals surface area contributed by atoms with Gasteiger partial charge < -0.3 is 24.4 Å². The molecule has 1 amide bonds. The zero-order valence-electron chi connectivity index (χ0n) is 34.4. The number of amides is 1. The van der Waals surface area contributed by atoms with Gasteiger partial charge in [0.1, 0.15) is 5.65 Å². The van der Waals surface area contributed by atoms with Crippen molar-refractivity contribution >= 4 is 34.8 Å². The third-order valence-electron chi connectivity index (χ3n) is 12.2. The van der Waals surface area contributed by atoms with Crippen molar-refractivity contribution < 1.29 is 13.6 Å². The number of hydrogen-bond donors (Lipinski definition) is 1. The van der Waals surface area contributed by atoms with Gasteiger partial charge in [0.15, 0.2) is 5.82 Å². The Morgan fingerprint density at radius 2 is 1.83 bits per heavy atom. The minimum absolute atomic E-state index is 0.0243. The highest BCUT2D eigenvalue weighted by molar-refractivity contribution is 5.97. The van der Waals surface area contributed by atoms with Crippen LogP contribution in [0.25, 0.3) is 22.9 Å². The molecule has 3 aliphatic rings. The number of carbonyl (C=O) groups excluding carboxylic acids is 1. The number of benzene rings is 2. The second-order valence-electron chi connectivity index (χ2n) is 15.8. The first-order chi connectivity index (χ1) is 28.3. The van der Waals surface area contributed by atoms with E-state index in [0.717, 1.165) is 85.5 Å². The number of aromatic nitrogens is 4. The van der Waals surface area contributed by atoms with E-state index < -0.39 is 6.43 Å². The topological polar surface area (TPSA) is 73.9 Å². The van der Waals surface area contributed by atoms with E-state index in [1.54, 1.807) is 23.2 Å². The second-order valence-corrected chi connectivity index (χ2v) is 15.8. The SMILES string of the molecule is C=C.C=Cc1ccccc1C(=O)N(C)CC1CN(c2cn3ccnc3cc2-c2cc3c(cc2C(F)F)N(c2nn(C4CCCCC4)c(CCNC)c2CC)CCC3)C1. The average molecular weight is 789 g/mol. The van der Waals surface area contributed by atoms with E-state index in [-0.39, 0.29) is 17.4 Å². The first-order valence-electron chi connectivity index (χ1n) is 21.0. The number of carbonyl (C=O) groups is 1. The van der Waals surface area contributed by atoms with Crippen molar-refractivity contribution in [3.05, 3.63) is 114 Å². The Balaban J connectivity index is 0.00000252. The standard InChI is InChI=1S/C45H54F2N8O.C2H4/c1-5-31-13-10-11-17-35(31)45(56)51(4)26-30-27-53(28-30)41-29-52-22-20-49-42(52)25-37(41)36-23-32-14-12-21-54(40(32)24-38(36)43(46)47)44-34(6-2)39(18-19-48-3)55(50-44)33-15-8-7-9-16-33;1-2/h5,10-11,13,17,20,22-25,29-30,33,43,48H,1,6-9,12,14-16,18-19,21,26-28H2,2-4H3;1-2H2. The van der Waals surface area contributed by atoms with Crippen LogP contribution < -0.4 is 15.1 Å². The molecule has 306 valence electrons. The highest BCUT2D eigenvalue weighted by Gasteiger charge is 2.34. The molecule has 3 aromatic heterocycles. The van der Waals surface area contributed by atoms with Gasteiger partial charge in [0.2, 0.25) is 0 Å². The maximum absolute atomic E-state index is 15.4. The molecule has 2 fully saturated rings. The molecule has 9 nitrogen and oxygen atoms in total. The summed E-state index contributed by atoms with van der Waals surface area (Å²) in [6.45, 7) is 15.7. The molecule has 0 spiro atoms. The zero-order chi connectivity index (χ0) is 40.9. The van der Waals surface area contributed by atoms with Crippen LogP contribution in [0.2, 0.25) is 0 Å². The molecule has 8 rings (SSSR count). The number of nitrogens with zero attached hydrogens (tertiary/aromatic N) is 7. The summed E-state index contributed by atoms with van der Waals surface area (Å²) in [6.07, 6.45) is 14.1. The van der Waals surface area contributed by atoms with Crippen LogP contribution in [0.5, 0.6) is 0 Å². The number of rotatable bonds is 13. The average Bonchev–Trinajstić information content (AvgIpc) is 3.87. The smallest absolute Gasteiger partial charge is 0.264 e. The Kier molecular flexibility index (Phi) is 12.8. The van der Waals surface area contributed by atoms with Crippen LogP contribution in [-0.4, -0.2) is 76.8 Å². The molecule has 2 aromatic carbocycles. The molecule has 1 saturated heterocycles.